The van der Waals surface area contributed by atoms with E-state index in [4.69, 9.17) is 12.2 Å². The van der Waals surface area contributed by atoms with Crippen molar-refractivity contribution in [3.63, 3.8) is 0 Å². The Balaban J connectivity index is 1.78. The van der Waals surface area contributed by atoms with Crippen LogP contribution in [0.1, 0.15) is 28.8 Å². The highest BCUT2D eigenvalue weighted by Crippen LogP contribution is 2.51. The monoisotopic (exact) mass is 468 g/mol. The van der Waals surface area contributed by atoms with Crippen molar-refractivity contribution < 1.29 is 44.3 Å². The van der Waals surface area contributed by atoms with Gasteiger partial charge in [-0.25, -0.2) is 4.79 Å². The highest BCUT2D eigenvalue weighted by atomic mass is 16.5. The van der Waals surface area contributed by atoms with Crippen LogP contribution in [0.2, 0.25) is 0 Å². The van der Waals surface area contributed by atoms with Crippen LogP contribution < -0.4 is 11.1 Å². The molecule has 0 unspecified atom stereocenters. The van der Waals surface area contributed by atoms with Crippen LogP contribution in [-0.2, 0) is 20.7 Å². The third-order valence-electron chi connectivity index (χ3n) is 6.46. The number of carbonyl (C=O) groups is 4. The Morgan fingerprint density at radius 3 is 2.59 bits per heavy atom. The number of phenols is 1. The Labute approximate surface area is 192 Å². The van der Waals surface area contributed by atoms with Crippen molar-refractivity contribution in [1.82, 2.24) is 0 Å². The summed E-state index contributed by atoms with van der Waals surface area (Å²) in [4.78, 5) is 49.7. The Morgan fingerprint density at radius 1 is 1.24 bits per heavy atom. The van der Waals surface area contributed by atoms with E-state index in [0.717, 1.165) is 0 Å². The zero-order chi connectivity index (χ0) is 24.9. The van der Waals surface area contributed by atoms with E-state index >= 15 is 0 Å². The maximum Gasteiger partial charge on any atom is 0.412 e. The van der Waals surface area contributed by atoms with E-state index in [-0.39, 0.29) is 42.7 Å². The summed E-state index contributed by atoms with van der Waals surface area (Å²) in [6.07, 6.45) is 3.94. The summed E-state index contributed by atoms with van der Waals surface area (Å²) in [5.74, 6) is -5.12. The van der Waals surface area contributed by atoms with Crippen LogP contribution in [0, 0.1) is 24.2 Å². The number of hydrogen-bond acceptors (Lipinski definition) is 9. The smallest absolute Gasteiger partial charge is 0.412 e. The second kappa shape index (κ2) is 7.93. The molecule has 34 heavy (non-hydrogen) atoms. The molecule has 4 rings (SSSR count). The molecule has 0 fully saturated rings. The average Bonchev–Trinajstić information content (AvgIpc) is 2.76. The average molecular weight is 468 g/mol. The second-order valence-corrected chi connectivity index (χ2v) is 8.31. The number of aliphatic hydroxyl groups excluding tert-OH is 2. The molecule has 3 aliphatic rings. The molecule has 1 aromatic carbocycles. The minimum absolute atomic E-state index is 0.0299. The maximum atomic E-state index is 13.4. The van der Waals surface area contributed by atoms with Crippen LogP contribution in [0.15, 0.2) is 34.8 Å². The predicted molar refractivity (Wildman–Crippen MR) is 115 cm³/mol. The van der Waals surface area contributed by atoms with E-state index in [9.17, 15) is 39.6 Å². The minimum Gasteiger partial charge on any atom is -0.511 e. The minimum atomic E-state index is -2.64. The number of nitrogens with one attached hydrogen (secondary N) is 1. The van der Waals surface area contributed by atoms with Gasteiger partial charge in [-0.1, -0.05) is 12.0 Å². The number of primary amides is 1. The first kappa shape index (κ1) is 22.9. The second-order valence-electron chi connectivity index (χ2n) is 8.31. The van der Waals surface area contributed by atoms with Gasteiger partial charge in [0.25, 0.3) is 5.91 Å². The number of aliphatic hydroxyl groups is 3. The summed E-state index contributed by atoms with van der Waals surface area (Å²) in [6, 6.07) is 2.87. The number of terminal acetylenes is 1. The van der Waals surface area contributed by atoms with Crippen LogP contribution in [-0.4, -0.2) is 56.2 Å². The van der Waals surface area contributed by atoms with Crippen molar-refractivity contribution in [2.45, 2.75) is 24.9 Å². The summed E-state index contributed by atoms with van der Waals surface area (Å²) in [5.41, 5.74) is 1.41. The van der Waals surface area contributed by atoms with Crippen LogP contribution in [0.5, 0.6) is 5.75 Å². The molecule has 2 amide bonds. The summed E-state index contributed by atoms with van der Waals surface area (Å²) >= 11 is 0. The molecular weight excluding hydrogens is 448 g/mol. The maximum absolute atomic E-state index is 13.4. The van der Waals surface area contributed by atoms with Gasteiger partial charge in [0, 0.05) is 17.9 Å². The molecule has 0 saturated carbocycles. The largest absolute Gasteiger partial charge is 0.511 e. The van der Waals surface area contributed by atoms with Crippen molar-refractivity contribution >= 4 is 29.3 Å². The molecule has 11 nitrogen and oxygen atoms in total. The molecule has 1 aromatic rings. The SMILES string of the molecule is C#CCOC(=O)Nc1ccc2c(c1O)C(=O)C1=C(O)[C@]3(O)C(=O)C(C(N)=O)=C(O)C[C@@H]3C[C@@H]1C2. The lowest BCUT2D eigenvalue weighted by Gasteiger charge is -2.45. The number of allylic oxidation sites excluding steroid dienone is 2. The molecule has 0 aliphatic heterocycles. The summed E-state index contributed by atoms with van der Waals surface area (Å²) in [7, 11) is 0. The number of ketones is 2. The number of fused-ring (bicyclic) bond motifs is 3. The van der Waals surface area contributed by atoms with Crippen molar-refractivity contribution in [2.75, 3.05) is 11.9 Å². The van der Waals surface area contributed by atoms with E-state index in [1.54, 1.807) is 0 Å². The highest BCUT2D eigenvalue weighted by Gasteiger charge is 2.59. The number of ether oxygens (including phenoxy) is 1. The first-order valence-corrected chi connectivity index (χ1v) is 10.2. The van der Waals surface area contributed by atoms with E-state index in [1.807, 2.05) is 0 Å². The number of carbonyl (C=O) groups excluding carboxylic acids is 4. The number of benzene rings is 1. The van der Waals surface area contributed by atoms with Gasteiger partial charge >= 0.3 is 6.09 Å². The fourth-order valence-electron chi connectivity index (χ4n) is 4.95. The fraction of sp³-hybridized carbons (Fsp3) is 0.304. The fourth-order valence-corrected chi connectivity index (χ4v) is 4.95. The standard InChI is InChI=1S/C23H20N2O9/c1-2-5-34-22(32)25-12-4-3-9-6-10-7-11-8-13(26)16(21(24)31)20(30)23(11,33)19(29)15(10)18(28)14(9)17(12)27/h1,3-4,10-11,26-27,29,33H,5-8H2,(H2,24,31)(H,25,32)/t10-,11-,23-/m0/s1. The Morgan fingerprint density at radius 2 is 1.94 bits per heavy atom. The summed E-state index contributed by atoms with van der Waals surface area (Å²) in [5, 5.41) is 45.2. The summed E-state index contributed by atoms with van der Waals surface area (Å²) < 4.78 is 4.68. The Hall–Kier alpha value is -4.30. The number of rotatable bonds is 3. The van der Waals surface area contributed by atoms with Gasteiger partial charge in [0.1, 0.15) is 17.1 Å². The molecule has 0 saturated heterocycles. The molecule has 3 aliphatic carbocycles. The van der Waals surface area contributed by atoms with Crippen LogP contribution in [0.4, 0.5) is 10.5 Å². The number of aromatic hydroxyl groups is 1. The lowest BCUT2D eigenvalue weighted by Crippen LogP contribution is -2.57. The molecular formula is C23H20N2O9. The van der Waals surface area contributed by atoms with Crippen LogP contribution in [0.3, 0.4) is 0 Å². The number of hydrogen-bond donors (Lipinski definition) is 6. The van der Waals surface area contributed by atoms with Gasteiger partial charge < -0.3 is 30.9 Å². The van der Waals surface area contributed by atoms with Crippen molar-refractivity contribution in [3.8, 4) is 18.1 Å². The van der Waals surface area contributed by atoms with Gasteiger partial charge in [0.05, 0.1) is 11.3 Å². The first-order chi connectivity index (χ1) is 16.0. The lowest BCUT2D eigenvalue weighted by molar-refractivity contribution is -0.144. The molecule has 0 radical (unpaired) electrons. The van der Waals surface area contributed by atoms with Crippen molar-refractivity contribution in [2.24, 2.45) is 17.6 Å². The highest BCUT2D eigenvalue weighted by molar-refractivity contribution is 6.24. The van der Waals surface area contributed by atoms with E-state index in [0.29, 0.717) is 5.56 Å². The Kier molecular flexibility index (Phi) is 5.34. The van der Waals surface area contributed by atoms with E-state index in [2.05, 4.69) is 16.0 Å². The van der Waals surface area contributed by atoms with Crippen molar-refractivity contribution in [3.05, 3.63) is 45.9 Å². The van der Waals surface area contributed by atoms with Crippen LogP contribution >= 0.6 is 0 Å². The molecule has 0 heterocycles. The molecule has 0 aromatic heterocycles. The first-order valence-electron chi connectivity index (χ1n) is 10.2. The predicted octanol–water partition coefficient (Wildman–Crippen LogP) is 0.762. The van der Waals surface area contributed by atoms with Gasteiger partial charge in [0.2, 0.25) is 5.78 Å². The quantitative estimate of drug-likeness (QED) is 0.211. The molecule has 7 N–H and O–H groups in total. The molecule has 0 spiro atoms. The van der Waals surface area contributed by atoms with E-state index < -0.39 is 63.8 Å². The van der Waals surface area contributed by atoms with Crippen LogP contribution in [0.25, 0.3) is 0 Å². The van der Waals surface area contributed by atoms with Crippen molar-refractivity contribution in [1.29, 1.82) is 0 Å². The zero-order valence-corrected chi connectivity index (χ0v) is 17.6. The number of nitrogens with two attached hydrogens (primary N) is 1. The third-order valence-corrected chi connectivity index (χ3v) is 6.46. The Bertz CT molecular complexity index is 1270. The van der Waals surface area contributed by atoms with Gasteiger partial charge in [-0.2, -0.15) is 0 Å². The molecule has 11 heteroatoms. The van der Waals surface area contributed by atoms with Gasteiger partial charge in [-0.05, 0) is 30.4 Å². The number of phenolic OH excluding ortho intramolecular Hbond substituents is 1. The van der Waals surface area contributed by atoms with Gasteiger partial charge in [-0.15, -0.1) is 6.42 Å². The van der Waals surface area contributed by atoms with Gasteiger partial charge in [-0.3, -0.25) is 19.7 Å². The third kappa shape index (κ3) is 3.19. The number of amides is 2. The molecule has 3 atom stereocenters. The summed E-state index contributed by atoms with van der Waals surface area (Å²) in [6.45, 7) is -0.316. The molecule has 0 bridgehead atoms. The molecule has 176 valence electrons. The number of anilines is 1. The van der Waals surface area contributed by atoms with Gasteiger partial charge in [0.15, 0.2) is 23.7 Å². The lowest BCUT2D eigenvalue weighted by atomic mass is 9.60. The van der Waals surface area contributed by atoms with E-state index in [1.165, 1.54) is 12.1 Å². The topological polar surface area (TPSA) is 196 Å². The number of Topliss-reactive ketones (excluding diaryl/α,β-unsaturated/α-hetero) is 2. The normalized spacial score (nSPS) is 25.6. The zero-order valence-electron chi connectivity index (χ0n) is 17.6.